The number of fused-ring (bicyclic) bond motifs is 2. The normalized spacial score (nSPS) is 13.7. The summed E-state index contributed by atoms with van der Waals surface area (Å²) in [6, 6.07) is 12.4. The number of nitrogens with zero attached hydrogens (tertiary/aromatic N) is 3. The first kappa shape index (κ1) is 12.6. The Kier molecular flexibility index (Phi) is 2.72. The second kappa shape index (κ2) is 4.73. The Morgan fingerprint density at radius 3 is 2.95 bits per heavy atom. The third kappa shape index (κ3) is 2.03. The molecule has 3 aromatic rings. The molecule has 0 unspecified atom stereocenters. The summed E-state index contributed by atoms with van der Waals surface area (Å²) < 4.78 is 5.66. The molecule has 4 rings (SSSR count). The fourth-order valence-electron chi connectivity index (χ4n) is 2.57. The zero-order valence-corrected chi connectivity index (χ0v) is 11.5. The maximum Gasteiger partial charge on any atom is 0.270 e. The summed E-state index contributed by atoms with van der Waals surface area (Å²) >= 11 is 0. The van der Waals surface area contributed by atoms with Crippen molar-refractivity contribution >= 4 is 22.7 Å². The molecule has 0 fully saturated rings. The summed E-state index contributed by atoms with van der Waals surface area (Å²) in [6.07, 6.45) is 0. The molecule has 7 heteroatoms. The topological polar surface area (TPSA) is 84.3 Å². The van der Waals surface area contributed by atoms with Gasteiger partial charge in [-0.1, -0.05) is 12.1 Å². The zero-order valence-electron chi connectivity index (χ0n) is 11.5. The van der Waals surface area contributed by atoms with Crippen molar-refractivity contribution in [3.63, 3.8) is 0 Å². The van der Waals surface area contributed by atoms with Crippen LogP contribution in [0, 0.1) is 10.1 Å². The standard InChI is InChI=1S/C15H12N4O3/c20-19(21)11-5-6-14-10(7-11)8-18(9-22-14)15-16-12-3-1-2-4-13(12)17-15/h1-7H,8-9H2,(H,16,17). The Hall–Kier alpha value is -3.09. The minimum atomic E-state index is -0.402. The molecule has 0 radical (unpaired) electrons. The van der Waals surface area contributed by atoms with Crippen LogP contribution in [-0.2, 0) is 6.54 Å². The van der Waals surface area contributed by atoms with Gasteiger partial charge in [0.2, 0.25) is 5.95 Å². The van der Waals surface area contributed by atoms with Crippen LogP contribution in [0.1, 0.15) is 5.56 Å². The molecular weight excluding hydrogens is 284 g/mol. The summed E-state index contributed by atoms with van der Waals surface area (Å²) in [5.41, 5.74) is 2.67. The molecule has 0 bridgehead atoms. The number of non-ortho nitro benzene ring substituents is 1. The number of hydrogen-bond acceptors (Lipinski definition) is 5. The second-order valence-electron chi connectivity index (χ2n) is 5.10. The molecular formula is C15H12N4O3. The highest BCUT2D eigenvalue weighted by atomic mass is 16.6. The van der Waals surface area contributed by atoms with Gasteiger partial charge in [0.05, 0.1) is 22.5 Å². The summed E-state index contributed by atoms with van der Waals surface area (Å²) in [5, 5.41) is 10.9. The molecule has 110 valence electrons. The van der Waals surface area contributed by atoms with Crippen molar-refractivity contribution in [2.24, 2.45) is 0 Å². The van der Waals surface area contributed by atoms with E-state index in [1.807, 2.05) is 29.2 Å². The summed E-state index contributed by atoms with van der Waals surface area (Å²) in [6.45, 7) is 0.863. The average molecular weight is 296 g/mol. The van der Waals surface area contributed by atoms with Crippen LogP contribution < -0.4 is 9.64 Å². The number of nitrogens with one attached hydrogen (secondary N) is 1. The van der Waals surface area contributed by atoms with E-state index in [4.69, 9.17) is 4.74 Å². The van der Waals surface area contributed by atoms with Crippen molar-refractivity contribution < 1.29 is 9.66 Å². The molecule has 2 heterocycles. The molecule has 0 saturated heterocycles. The highest BCUT2D eigenvalue weighted by Crippen LogP contribution is 2.30. The van der Waals surface area contributed by atoms with Crippen molar-refractivity contribution in [1.29, 1.82) is 0 Å². The quantitative estimate of drug-likeness (QED) is 0.580. The molecule has 2 aromatic carbocycles. The van der Waals surface area contributed by atoms with Gasteiger partial charge < -0.3 is 14.6 Å². The SMILES string of the molecule is O=[N+]([O-])c1ccc2c(c1)CN(c1nc3ccccc3[nH]1)CO2. The number of rotatable bonds is 2. The van der Waals surface area contributed by atoms with Crippen LogP contribution in [0.25, 0.3) is 11.0 Å². The van der Waals surface area contributed by atoms with Gasteiger partial charge in [0, 0.05) is 17.7 Å². The van der Waals surface area contributed by atoms with Gasteiger partial charge in [-0.3, -0.25) is 10.1 Å². The van der Waals surface area contributed by atoms with Crippen LogP contribution >= 0.6 is 0 Å². The lowest BCUT2D eigenvalue weighted by atomic mass is 10.1. The second-order valence-corrected chi connectivity index (χ2v) is 5.10. The van der Waals surface area contributed by atoms with Crippen molar-refractivity contribution in [1.82, 2.24) is 9.97 Å². The van der Waals surface area contributed by atoms with Crippen LogP contribution in [0.3, 0.4) is 0 Å². The van der Waals surface area contributed by atoms with E-state index in [9.17, 15) is 10.1 Å². The lowest BCUT2D eigenvalue weighted by Gasteiger charge is -2.28. The van der Waals surface area contributed by atoms with Crippen molar-refractivity contribution in [2.75, 3.05) is 11.6 Å². The van der Waals surface area contributed by atoms with Gasteiger partial charge in [-0.15, -0.1) is 0 Å². The number of H-pyrrole nitrogens is 1. The minimum Gasteiger partial charge on any atom is -0.473 e. The van der Waals surface area contributed by atoms with E-state index >= 15 is 0 Å². The monoisotopic (exact) mass is 296 g/mol. The van der Waals surface area contributed by atoms with Gasteiger partial charge in [0.25, 0.3) is 5.69 Å². The van der Waals surface area contributed by atoms with E-state index in [1.165, 1.54) is 6.07 Å². The van der Waals surface area contributed by atoms with Gasteiger partial charge in [-0.2, -0.15) is 0 Å². The molecule has 7 nitrogen and oxygen atoms in total. The number of imidazole rings is 1. The molecule has 1 aliphatic rings. The van der Waals surface area contributed by atoms with Gasteiger partial charge in [0.15, 0.2) is 6.73 Å². The number of aromatic nitrogens is 2. The molecule has 1 aliphatic heterocycles. The molecule has 0 atom stereocenters. The fourth-order valence-corrected chi connectivity index (χ4v) is 2.57. The Morgan fingerprint density at radius 2 is 2.14 bits per heavy atom. The number of para-hydroxylation sites is 2. The summed E-state index contributed by atoms with van der Waals surface area (Å²) in [7, 11) is 0. The lowest BCUT2D eigenvalue weighted by molar-refractivity contribution is -0.384. The van der Waals surface area contributed by atoms with E-state index in [0.29, 0.717) is 25.0 Å². The van der Waals surface area contributed by atoms with Gasteiger partial charge in [-0.05, 0) is 18.2 Å². The summed E-state index contributed by atoms with van der Waals surface area (Å²) in [5.74, 6) is 1.37. The Labute approximate surface area is 125 Å². The molecule has 1 N–H and O–H groups in total. The number of nitro groups is 1. The predicted molar refractivity (Wildman–Crippen MR) is 80.9 cm³/mol. The first-order chi connectivity index (χ1) is 10.7. The summed E-state index contributed by atoms with van der Waals surface area (Å²) in [4.78, 5) is 20.2. The van der Waals surface area contributed by atoms with Crippen LogP contribution in [0.2, 0.25) is 0 Å². The third-order valence-corrected chi connectivity index (χ3v) is 3.67. The lowest BCUT2D eigenvalue weighted by Crippen LogP contribution is -2.32. The third-order valence-electron chi connectivity index (χ3n) is 3.67. The fraction of sp³-hybridized carbons (Fsp3) is 0.133. The zero-order chi connectivity index (χ0) is 15.1. The first-order valence-corrected chi connectivity index (χ1v) is 6.80. The van der Waals surface area contributed by atoms with E-state index in [2.05, 4.69) is 9.97 Å². The van der Waals surface area contributed by atoms with Crippen LogP contribution in [0.4, 0.5) is 11.6 Å². The van der Waals surface area contributed by atoms with E-state index in [-0.39, 0.29) is 5.69 Å². The average Bonchev–Trinajstić information content (AvgIpc) is 2.97. The van der Waals surface area contributed by atoms with Crippen molar-refractivity contribution in [3.8, 4) is 5.75 Å². The van der Waals surface area contributed by atoms with Gasteiger partial charge in [-0.25, -0.2) is 4.98 Å². The molecule has 22 heavy (non-hydrogen) atoms. The number of aromatic amines is 1. The van der Waals surface area contributed by atoms with Crippen molar-refractivity contribution in [3.05, 3.63) is 58.1 Å². The van der Waals surface area contributed by atoms with Crippen molar-refractivity contribution in [2.45, 2.75) is 6.54 Å². The molecule has 1 aromatic heterocycles. The maximum atomic E-state index is 10.9. The minimum absolute atomic E-state index is 0.0637. The molecule has 0 amide bonds. The first-order valence-electron chi connectivity index (χ1n) is 6.80. The van der Waals surface area contributed by atoms with Gasteiger partial charge in [0.1, 0.15) is 5.75 Å². The largest absolute Gasteiger partial charge is 0.473 e. The maximum absolute atomic E-state index is 10.9. The smallest absolute Gasteiger partial charge is 0.270 e. The Morgan fingerprint density at radius 1 is 1.27 bits per heavy atom. The Bertz CT molecular complexity index is 841. The van der Waals surface area contributed by atoms with E-state index < -0.39 is 4.92 Å². The Balaban J connectivity index is 1.68. The highest BCUT2D eigenvalue weighted by Gasteiger charge is 2.22. The van der Waals surface area contributed by atoms with Gasteiger partial charge >= 0.3 is 0 Å². The highest BCUT2D eigenvalue weighted by molar-refractivity contribution is 5.77. The van der Waals surface area contributed by atoms with Crippen LogP contribution in [-0.4, -0.2) is 21.6 Å². The molecule has 0 aliphatic carbocycles. The number of benzene rings is 2. The van der Waals surface area contributed by atoms with E-state index in [1.54, 1.807) is 12.1 Å². The number of nitro benzene ring substituents is 1. The molecule has 0 spiro atoms. The molecule has 0 saturated carbocycles. The van der Waals surface area contributed by atoms with Crippen LogP contribution in [0.5, 0.6) is 5.75 Å². The van der Waals surface area contributed by atoms with E-state index in [0.717, 1.165) is 16.6 Å². The number of anilines is 1. The number of ether oxygens (including phenoxy) is 1. The van der Waals surface area contributed by atoms with Crippen LogP contribution in [0.15, 0.2) is 42.5 Å². The number of hydrogen-bond donors (Lipinski definition) is 1. The predicted octanol–water partition coefficient (Wildman–Crippen LogP) is 2.83.